The van der Waals surface area contributed by atoms with Gasteiger partial charge in [0.2, 0.25) is 5.95 Å². The van der Waals surface area contributed by atoms with Gasteiger partial charge in [-0.15, -0.1) is 0 Å². The normalized spacial score (nSPS) is 21.2. The second kappa shape index (κ2) is 5.52. The molecule has 0 aliphatic carbocycles. The molecule has 2 rings (SSSR count). The standard InChI is InChI=1S/C13H20N4O2/c1-9-8-16(3)5-4-6-17(9)13-14-7-11(12(18)19)10(2)15-13/h7,9H,4-6,8H2,1-3H3,(H,18,19). The highest BCUT2D eigenvalue weighted by Crippen LogP contribution is 2.17. The molecule has 0 radical (unpaired) electrons. The fraction of sp³-hybridized carbons (Fsp3) is 0.615. The van der Waals surface area contributed by atoms with Gasteiger partial charge in [-0.2, -0.15) is 0 Å². The highest BCUT2D eigenvalue weighted by Gasteiger charge is 2.22. The molecule has 1 atom stereocenters. The summed E-state index contributed by atoms with van der Waals surface area (Å²) in [6.07, 6.45) is 2.46. The summed E-state index contributed by atoms with van der Waals surface area (Å²) >= 11 is 0. The molecule has 1 aromatic heterocycles. The monoisotopic (exact) mass is 264 g/mol. The van der Waals surface area contributed by atoms with E-state index in [1.165, 1.54) is 6.20 Å². The average Bonchev–Trinajstić information content (AvgIpc) is 2.49. The van der Waals surface area contributed by atoms with Crippen LogP contribution in [0.15, 0.2) is 6.20 Å². The Labute approximate surface area is 113 Å². The maximum atomic E-state index is 11.0. The summed E-state index contributed by atoms with van der Waals surface area (Å²) in [5, 5.41) is 9.00. The zero-order valence-corrected chi connectivity index (χ0v) is 11.6. The molecule has 19 heavy (non-hydrogen) atoms. The molecule has 0 aromatic carbocycles. The van der Waals surface area contributed by atoms with E-state index in [4.69, 9.17) is 5.11 Å². The Bertz CT molecular complexity index is 478. The second-order valence-corrected chi connectivity index (χ2v) is 5.13. The third-order valence-corrected chi connectivity index (χ3v) is 3.50. The molecule has 1 fully saturated rings. The Balaban J connectivity index is 2.25. The lowest BCUT2D eigenvalue weighted by Gasteiger charge is -2.28. The minimum Gasteiger partial charge on any atom is -0.478 e. The lowest BCUT2D eigenvalue weighted by atomic mass is 10.2. The largest absolute Gasteiger partial charge is 0.478 e. The molecular formula is C13H20N4O2. The highest BCUT2D eigenvalue weighted by molar-refractivity contribution is 5.88. The van der Waals surface area contributed by atoms with Gasteiger partial charge in [0.15, 0.2) is 0 Å². The van der Waals surface area contributed by atoms with Gasteiger partial charge in [0.1, 0.15) is 0 Å². The molecule has 1 saturated heterocycles. The number of carbonyl (C=O) groups is 1. The zero-order valence-electron chi connectivity index (χ0n) is 11.6. The summed E-state index contributed by atoms with van der Waals surface area (Å²) in [6, 6.07) is 0.322. The van der Waals surface area contributed by atoms with Gasteiger partial charge >= 0.3 is 5.97 Å². The van der Waals surface area contributed by atoms with Crippen LogP contribution in [-0.4, -0.2) is 58.7 Å². The molecule has 2 heterocycles. The van der Waals surface area contributed by atoms with E-state index in [1.54, 1.807) is 6.92 Å². The molecule has 0 saturated carbocycles. The minimum atomic E-state index is -0.979. The van der Waals surface area contributed by atoms with Crippen molar-refractivity contribution in [2.45, 2.75) is 26.3 Å². The first-order valence-electron chi connectivity index (χ1n) is 6.51. The van der Waals surface area contributed by atoms with Crippen LogP contribution in [-0.2, 0) is 0 Å². The first kappa shape index (κ1) is 13.7. The van der Waals surface area contributed by atoms with Crippen molar-refractivity contribution in [3.63, 3.8) is 0 Å². The summed E-state index contributed by atoms with van der Waals surface area (Å²) in [7, 11) is 2.11. The third-order valence-electron chi connectivity index (χ3n) is 3.50. The number of likely N-dealkylation sites (N-methyl/N-ethyl adjacent to an activating group) is 1. The van der Waals surface area contributed by atoms with Crippen LogP contribution < -0.4 is 4.90 Å². The van der Waals surface area contributed by atoms with Crippen LogP contribution in [0.1, 0.15) is 29.4 Å². The number of carboxylic acids is 1. The van der Waals surface area contributed by atoms with Crippen molar-refractivity contribution in [1.82, 2.24) is 14.9 Å². The summed E-state index contributed by atoms with van der Waals surface area (Å²) in [6.45, 7) is 6.78. The van der Waals surface area contributed by atoms with E-state index in [0.29, 0.717) is 17.7 Å². The van der Waals surface area contributed by atoms with E-state index in [-0.39, 0.29) is 5.56 Å². The molecule has 1 aromatic rings. The van der Waals surface area contributed by atoms with Gasteiger partial charge in [-0.25, -0.2) is 14.8 Å². The van der Waals surface area contributed by atoms with E-state index in [2.05, 4.69) is 33.7 Å². The lowest BCUT2D eigenvalue weighted by Crippen LogP contribution is -2.39. The van der Waals surface area contributed by atoms with Crippen LogP contribution >= 0.6 is 0 Å². The number of aromatic nitrogens is 2. The predicted molar refractivity (Wildman–Crippen MR) is 72.7 cm³/mol. The Morgan fingerprint density at radius 1 is 1.47 bits per heavy atom. The van der Waals surface area contributed by atoms with Gasteiger partial charge in [0.05, 0.1) is 11.3 Å². The van der Waals surface area contributed by atoms with E-state index in [0.717, 1.165) is 26.1 Å². The number of aryl methyl sites for hydroxylation is 1. The van der Waals surface area contributed by atoms with Crippen LogP contribution in [0.25, 0.3) is 0 Å². The smallest absolute Gasteiger partial charge is 0.339 e. The first-order chi connectivity index (χ1) is 8.99. The molecule has 0 spiro atoms. The number of rotatable bonds is 2. The second-order valence-electron chi connectivity index (χ2n) is 5.13. The van der Waals surface area contributed by atoms with Gasteiger partial charge in [-0.05, 0) is 33.9 Å². The van der Waals surface area contributed by atoms with Gasteiger partial charge in [-0.3, -0.25) is 0 Å². The van der Waals surface area contributed by atoms with E-state index < -0.39 is 5.97 Å². The molecule has 1 aliphatic heterocycles. The van der Waals surface area contributed by atoms with Gasteiger partial charge in [0.25, 0.3) is 0 Å². The summed E-state index contributed by atoms with van der Waals surface area (Å²) in [4.78, 5) is 24.0. The number of carboxylic acid groups (broad SMARTS) is 1. The minimum absolute atomic E-state index is 0.170. The Morgan fingerprint density at radius 2 is 2.21 bits per heavy atom. The summed E-state index contributed by atoms with van der Waals surface area (Å²) in [5.41, 5.74) is 0.686. The number of aromatic carboxylic acids is 1. The average molecular weight is 264 g/mol. The molecule has 0 bridgehead atoms. The SMILES string of the molecule is Cc1nc(N2CCCN(C)CC2C)ncc1C(=O)O. The molecule has 104 valence electrons. The highest BCUT2D eigenvalue weighted by atomic mass is 16.4. The molecule has 1 N–H and O–H groups in total. The lowest BCUT2D eigenvalue weighted by molar-refractivity contribution is 0.0695. The quantitative estimate of drug-likeness (QED) is 0.860. The number of hydrogen-bond acceptors (Lipinski definition) is 5. The van der Waals surface area contributed by atoms with Crippen molar-refractivity contribution in [3.8, 4) is 0 Å². The van der Waals surface area contributed by atoms with Gasteiger partial charge in [-0.1, -0.05) is 0 Å². The molecule has 1 unspecified atom stereocenters. The van der Waals surface area contributed by atoms with Crippen molar-refractivity contribution < 1.29 is 9.90 Å². The van der Waals surface area contributed by atoms with Crippen LogP contribution in [0.3, 0.4) is 0 Å². The fourth-order valence-corrected chi connectivity index (χ4v) is 2.47. The number of nitrogens with zero attached hydrogens (tertiary/aromatic N) is 4. The van der Waals surface area contributed by atoms with Crippen molar-refractivity contribution in [2.75, 3.05) is 31.6 Å². The number of hydrogen-bond donors (Lipinski definition) is 1. The van der Waals surface area contributed by atoms with Crippen LogP contribution in [0.4, 0.5) is 5.95 Å². The van der Waals surface area contributed by atoms with Crippen LogP contribution in [0.2, 0.25) is 0 Å². The molecular weight excluding hydrogens is 244 g/mol. The molecule has 6 heteroatoms. The van der Waals surface area contributed by atoms with Crippen LogP contribution in [0, 0.1) is 6.92 Å². The summed E-state index contributed by atoms with van der Waals surface area (Å²) < 4.78 is 0. The zero-order chi connectivity index (χ0) is 14.0. The Hall–Kier alpha value is -1.69. The van der Waals surface area contributed by atoms with Gasteiger partial charge in [0, 0.05) is 25.3 Å². The predicted octanol–water partition coefficient (Wildman–Crippen LogP) is 1.01. The molecule has 6 nitrogen and oxygen atoms in total. The van der Waals surface area contributed by atoms with Crippen molar-refractivity contribution >= 4 is 11.9 Å². The summed E-state index contributed by atoms with van der Waals surface area (Å²) in [5.74, 6) is -0.349. The van der Waals surface area contributed by atoms with E-state index >= 15 is 0 Å². The van der Waals surface area contributed by atoms with Crippen molar-refractivity contribution in [3.05, 3.63) is 17.5 Å². The molecule has 1 aliphatic rings. The van der Waals surface area contributed by atoms with E-state index in [1.807, 2.05) is 0 Å². The maximum absolute atomic E-state index is 11.0. The van der Waals surface area contributed by atoms with Gasteiger partial charge < -0.3 is 14.9 Å². The Kier molecular flexibility index (Phi) is 3.99. The fourth-order valence-electron chi connectivity index (χ4n) is 2.47. The topological polar surface area (TPSA) is 69.6 Å². The van der Waals surface area contributed by atoms with Crippen LogP contribution in [0.5, 0.6) is 0 Å². The van der Waals surface area contributed by atoms with Crippen molar-refractivity contribution in [2.24, 2.45) is 0 Å². The van der Waals surface area contributed by atoms with Crippen molar-refractivity contribution in [1.29, 1.82) is 0 Å². The number of anilines is 1. The Morgan fingerprint density at radius 3 is 2.84 bits per heavy atom. The molecule has 0 amide bonds. The maximum Gasteiger partial charge on any atom is 0.339 e. The first-order valence-corrected chi connectivity index (χ1v) is 6.51. The third kappa shape index (κ3) is 3.01. The van der Waals surface area contributed by atoms with E-state index in [9.17, 15) is 4.79 Å².